The highest BCUT2D eigenvalue weighted by Gasteiger charge is 2.40. The maximum absolute atomic E-state index is 13.4. The molecular weight excluding hydrogens is 509 g/mol. The van der Waals surface area contributed by atoms with Crippen LogP contribution in [-0.2, 0) is 13.2 Å². The van der Waals surface area contributed by atoms with Gasteiger partial charge in [0.2, 0.25) is 0 Å². The molecule has 4 aromatic rings. The maximum Gasteiger partial charge on any atom is 0.436 e. The number of halogens is 6. The predicted octanol–water partition coefficient (Wildman–Crippen LogP) is 5.25. The SMILES string of the molecule is Cn1nc(C(F)(F)F)c(Cl)c1C(=O)Nc1c(C(N)=O)sc2nc(C(F)F)cc(-c3ccco3)c12. The van der Waals surface area contributed by atoms with Crippen LogP contribution in [0.25, 0.3) is 21.5 Å². The first kappa shape index (κ1) is 23.6. The fourth-order valence-electron chi connectivity index (χ4n) is 3.25. The Morgan fingerprint density at radius 2 is 2.03 bits per heavy atom. The molecule has 0 atom stereocenters. The molecule has 0 aromatic carbocycles. The molecule has 0 aliphatic carbocycles. The molecule has 34 heavy (non-hydrogen) atoms. The summed E-state index contributed by atoms with van der Waals surface area (Å²) in [5.74, 6) is -2.08. The van der Waals surface area contributed by atoms with Crippen LogP contribution in [0.5, 0.6) is 0 Å². The topological polar surface area (TPSA) is 116 Å². The average Bonchev–Trinajstić information content (AvgIpc) is 3.45. The van der Waals surface area contributed by atoms with Gasteiger partial charge in [-0.25, -0.2) is 13.8 Å². The van der Waals surface area contributed by atoms with Crippen molar-refractivity contribution in [3.63, 3.8) is 0 Å². The van der Waals surface area contributed by atoms with Gasteiger partial charge in [-0.05, 0) is 18.2 Å². The summed E-state index contributed by atoms with van der Waals surface area (Å²) in [6.07, 6.45) is -6.62. The number of amides is 2. The predicted molar refractivity (Wildman–Crippen MR) is 112 cm³/mol. The minimum absolute atomic E-state index is 0.0286. The number of fused-ring (bicyclic) bond motifs is 1. The highest BCUT2D eigenvalue weighted by atomic mass is 35.5. The van der Waals surface area contributed by atoms with Crippen molar-refractivity contribution in [2.75, 3.05) is 5.32 Å². The molecule has 0 saturated carbocycles. The molecule has 0 unspecified atom stereocenters. The summed E-state index contributed by atoms with van der Waals surface area (Å²) in [6, 6.07) is 3.94. The summed E-state index contributed by atoms with van der Waals surface area (Å²) in [7, 11) is 1.07. The number of nitrogens with one attached hydrogen (secondary N) is 1. The number of alkyl halides is 5. The van der Waals surface area contributed by atoms with E-state index >= 15 is 0 Å². The number of primary amides is 1. The van der Waals surface area contributed by atoms with Crippen LogP contribution in [-0.4, -0.2) is 26.6 Å². The van der Waals surface area contributed by atoms with Crippen LogP contribution in [0.3, 0.4) is 0 Å². The Bertz CT molecular complexity index is 1430. The van der Waals surface area contributed by atoms with Crippen molar-refractivity contribution in [1.82, 2.24) is 14.8 Å². The van der Waals surface area contributed by atoms with Gasteiger partial charge in [0.1, 0.15) is 31.9 Å². The first-order chi connectivity index (χ1) is 15.9. The number of aromatic nitrogens is 3. The van der Waals surface area contributed by atoms with E-state index < -0.39 is 46.5 Å². The van der Waals surface area contributed by atoms with E-state index in [1.165, 1.54) is 18.4 Å². The Balaban J connectivity index is 1.93. The second kappa shape index (κ2) is 8.36. The number of rotatable bonds is 5. The number of thiophene rings is 1. The van der Waals surface area contributed by atoms with Gasteiger partial charge in [-0.3, -0.25) is 14.3 Å². The standard InChI is InChI=1S/C19H11ClF5N5O3S/c1-30-12(10(20)14(29-30)19(23,24)25)17(32)28-11-9-6(8-3-2-4-33-8)5-7(15(21)22)27-18(9)34-13(11)16(26)31/h2-5,15H,1H3,(H2,26,31)(H,28,32). The molecule has 4 aromatic heterocycles. The molecule has 4 rings (SSSR count). The van der Waals surface area contributed by atoms with Gasteiger partial charge in [0, 0.05) is 18.0 Å². The first-order valence-electron chi connectivity index (χ1n) is 9.10. The van der Waals surface area contributed by atoms with Crippen molar-refractivity contribution >= 4 is 50.7 Å². The number of nitrogens with two attached hydrogens (primary N) is 1. The smallest absolute Gasteiger partial charge is 0.436 e. The lowest BCUT2D eigenvalue weighted by molar-refractivity contribution is -0.141. The molecule has 0 radical (unpaired) electrons. The van der Waals surface area contributed by atoms with E-state index in [4.69, 9.17) is 21.8 Å². The number of hydrogen-bond donors (Lipinski definition) is 2. The van der Waals surface area contributed by atoms with Gasteiger partial charge in [0.25, 0.3) is 18.2 Å². The minimum Gasteiger partial charge on any atom is -0.464 e. The van der Waals surface area contributed by atoms with Gasteiger partial charge >= 0.3 is 6.18 Å². The summed E-state index contributed by atoms with van der Waals surface area (Å²) in [5.41, 5.74) is 2.46. The second-order valence-corrected chi connectivity index (χ2v) is 8.19. The minimum atomic E-state index is -4.93. The number of aryl methyl sites for hydroxylation is 1. The van der Waals surface area contributed by atoms with Crippen LogP contribution < -0.4 is 11.1 Å². The summed E-state index contributed by atoms with van der Waals surface area (Å²) in [4.78, 5) is 28.5. The molecule has 3 N–H and O–H groups in total. The second-order valence-electron chi connectivity index (χ2n) is 6.81. The quantitative estimate of drug-likeness (QED) is 0.349. The van der Waals surface area contributed by atoms with Gasteiger partial charge in [-0.15, -0.1) is 11.3 Å². The number of furan rings is 1. The molecule has 0 aliphatic heterocycles. The summed E-state index contributed by atoms with van der Waals surface area (Å²) in [6.45, 7) is 0. The highest BCUT2D eigenvalue weighted by molar-refractivity contribution is 7.21. The van der Waals surface area contributed by atoms with Crippen LogP contribution in [0.4, 0.5) is 27.6 Å². The molecule has 15 heteroatoms. The third-order valence-corrected chi connectivity index (χ3v) is 6.08. The Hall–Kier alpha value is -3.52. The van der Waals surface area contributed by atoms with Crippen LogP contribution in [0.1, 0.15) is 38.0 Å². The van der Waals surface area contributed by atoms with E-state index in [0.717, 1.165) is 13.1 Å². The monoisotopic (exact) mass is 519 g/mol. The third-order valence-electron chi connectivity index (χ3n) is 4.63. The fourth-order valence-corrected chi connectivity index (χ4v) is 4.61. The number of carbonyl (C=O) groups excluding carboxylic acids is 2. The van der Waals surface area contributed by atoms with Crippen molar-refractivity contribution in [3.8, 4) is 11.3 Å². The van der Waals surface area contributed by atoms with Gasteiger partial charge < -0.3 is 15.5 Å². The van der Waals surface area contributed by atoms with Gasteiger partial charge in [0.05, 0.1) is 12.0 Å². The third kappa shape index (κ3) is 3.98. The lowest BCUT2D eigenvalue weighted by Gasteiger charge is -2.10. The molecule has 4 heterocycles. The lowest BCUT2D eigenvalue weighted by atomic mass is 10.1. The highest BCUT2D eigenvalue weighted by Crippen LogP contribution is 2.43. The van der Waals surface area contributed by atoms with Crippen molar-refractivity contribution < 1.29 is 36.0 Å². The van der Waals surface area contributed by atoms with Crippen molar-refractivity contribution in [2.45, 2.75) is 12.6 Å². The molecule has 0 fully saturated rings. The fraction of sp³-hybridized carbons (Fsp3) is 0.158. The van der Waals surface area contributed by atoms with E-state index in [-0.39, 0.29) is 32.1 Å². The van der Waals surface area contributed by atoms with E-state index in [1.54, 1.807) is 0 Å². The summed E-state index contributed by atoms with van der Waals surface area (Å²) < 4.78 is 72.2. The lowest BCUT2D eigenvalue weighted by Crippen LogP contribution is -2.19. The zero-order valence-corrected chi connectivity index (χ0v) is 18.3. The molecule has 0 aliphatic rings. The molecule has 0 saturated heterocycles. The Labute approximate surface area is 195 Å². The van der Waals surface area contributed by atoms with Crippen molar-refractivity contribution in [1.29, 1.82) is 0 Å². The van der Waals surface area contributed by atoms with Crippen LogP contribution in [0.2, 0.25) is 5.02 Å². The molecule has 178 valence electrons. The zero-order valence-electron chi connectivity index (χ0n) is 16.7. The summed E-state index contributed by atoms with van der Waals surface area (Å²) >= 11 is 6.39. The summed E-state index contributed by atoms with van der Waals surface area (Å²) in [5, 5.41) is 4.63. The van der Waals surface area contributed by atoms with Crippen LogP contribution in [0, 0.1) is 0 Å². The van der Waals surface area contributed by atoms with Crippen molar-refractivity contribution in [2.24, 2.45) is 12.8 Å². The average molecular weight is 520 g/mol. The van der Waals surface area contributed by atoms with Gasteiger partial charge in [-0.1, -0.05) is 11.6 Å². The molecule has 0 spiro atoms. The molecule has 0 bridgehead atoms. The normalized spacial score (nSPS) is 12.0. The van der Waals surface area contributed by atoms with Gasteiger partial charge in [-0.2, -0.15) is 18.3 Å². The first-order valence-corrected chi connectivity index (χ1v) is 10.3. The number of carbonyl (C=O) groups is 2. The number of nitrogens with zero attached hydrogens (tertiary/aromatic N) is 3. The number of anilines is 1. The Kier molecular flexibility index (Phi) is 5.81. The Morgan fingerprint density at radius 3 is 2.56 bits per heavy atom. The maximum atomic E-state index is 13.4. The van der Waals surface area contributed by atoms with E-state index in [1.807, 2.05) is 0 Å². The number of pyridine rings is 1. The van der Waals surface area contributed by atoms with E-state index in [2.05, 4.69) is 15.4 Å². The Morgan fingerprint density at radius 1 is 1.32 bits per heavy atom. The van der Waals surface area contributed by atoms with Crippen molar-refractivity contribution in [3.05, 3.63) is 51.4 Å². The zero-order chi connectivity index (χ0) is 24.9. The molecule has 2 amide bonds. The van der Waals surface area contributed by atoms with Gasteiger partial charge in [0.15, 0.2) is 5.69 Å². The number of hydrogen-bond acceptors (Lipinski definition) is 6. The van der Waals surface area contributed by atoms with E-state index in [0.29, 0.717) is 16.0 Å². The van der Waals surface area contributed by atoms with E-state index in [9.17, 15) is 31.5 Å². The molecular formula is C19H11ClF5N5O3S. The molecule has 8 nitrogen and oxygen atoms in total. The van der Waals surface area contributed by atoms with Crippen LogP contribution >= 0.6 is 22.9 Å². The van der Waals surface area contributed by atoms with Crippen LogP contribution in [0.15, 0.2) is 28.9 Å². The largest absolute Gasteiger partial charge is 0.464 e.